The number of hydrogen-bond donors (Lipinski definition) is 1. The van der Waals surface area contributed by atoms with Crippen molar-refractivity contribution in [3.8, 4) is 5.75 Å². The molecule has 0 unspecified atom stereocenters. The van der Waals surface area contributed by atoms with Crippen LogP contribution in [0.3, 0.4) is 0 Å². The summed E-state index contributed by atoms with van der Waals surface area (Å²) in [6, 6.07) is 6.20. The second-order valence-electron chi connectivity index (χ2n) is 4.88. The van der Waals surface area contributed by atoms with Gasteiger partial charge in [-0.3, -0.25) is 0 Å². The minimum atomic E-state index is 0.675. The third kappa shape index (κ3) is 2.03. The number of nitrogens with one attached hydrogen (secondary N) is 1. The molecule has 1 aliphatic rings. The molecular weight excluding hydrogens is 236 g/mol. The molecule has 1 aromatic heterocycles. The third-order valence-corrected chi connectivity index (χ3v) is 3.66. The summed E-state index contributed by atoms with van der Waals surface area (Å²) in [5, 5.41) is 4.71. The molecule has 0 radical (unpaired) electrons. The van der Waals surface area contributed by atoms with Gasteiger partial charge < -0.3 is 10.1 Å². The molecular formula is C16H20N2O. The van der Waals surface area contributed by atoms with Gasteiger partial charge in [0.05, 0.1) is 6.61 Å². The lowest BCUT2D eigenvalue weighted by Gasteiger charge is -2.15. The number of aromatic nitrogens is 1. The standard InChI is InChI=1S/C16H20N2O/c1-3-17-15-11-7-5-9-13(11)18-16-12(15)8-6-10-14(16)19-4-2/h6,8,10H,3-5,7,9H2,1-2H3,(H,17,18). The zero-order chi connectivity index (χ0) is 13.2. The molecule has 3 nitrogen and oxygen atoms in total. The Hall–Kier alpha value is -1.77. The molecule has 2 aromatic rings. The van der Waals surface area contributed by atoms with E-state index in [-0.39, 0.29) is 0 Å². The lowest BCUT2D eigenvalue weighted by Crippen LogP contribution is -2.04. The molecule has 1 N–H and O–H groups in total. The number of pyridine rings is 1. The van der Waals surface area contributed by atoms with Crippen LogP contribution in [0.25, 0.3) is 10.9 Å². The van der Waals surface area contributed by atoms with Crippen LogP contribution in [0.1, 0.15) is 31.5 Å². The van der Waals surface area contributed by atoms with Crippen molar-refractivity contribution in [2.45, 2.75) is 33.1 Å². The Kier molecular flexibility index (Phi) is 3.28. The van der Waals surface area contributed by atoms with Gasteiger partial charge in [0.25, 0.3) is 0 Å². The maximum absolute atomic E-state index is 5.72. The summed E-state index contributed by atoms with van der Waals surface area (Å²) in [7, 11) is 0. The summed E-state index contributed by atoms with van der Waals surface area (Å²) >= 11 is 0. The summed E-state index contributed by atoms with van der Waals surface area (Å²) in [4.78, 5) is 4.85. The highest BCUT2D eigenvalue weighted by Crippen LogP contribution is 2.37. The fourth-order valence-corrected chi connectivity index (χ4v) is 2.91. The number of aryl methyl sites for hydroxylation is 1. The average Bonchev–Trinajstić information content (AvgIpc) is 2.88. The van der Waals surface area contributed by atoms with Gasteiger partial charge in [-0.1, -0.05) is 12.1 Å². The SMILES string of the molecule is CCNc1c2c(nc3c(OCC)cccc13)CCC2. The van der Waals surface area contributed by atoms with Crippen LogP contribution < -0.4 is 10.1 Å². The smallest absolute Gasteiger partial charge is 0.145 e. The Labute approximate surface area is 114 Å². The topological polar surface area (TPSA) is 34.2 Å². The predicted molar refractivity (Wildman–Crippen MR) is 79.1 cm³/mol. The second-order valence-corrected chi connectivity index (χ2v) is 4.88. The Morgan fingerprint density at radius 2 is 2.16 bits per heavy atom. The highest BCUT2D eigenvalue weighted by molar-refractivity contribution is 5.97. The van der Waals surface area contributed by atoms with Gasteiger partial charge in [0.15, 0.2) is 0 Å². The minimum Gasteiger partial charge on any atom is -0.492 e. The molecule has 3 rings (SSSR count). The van der Waals surface area contributed by atoms with Gasteiger partial charge in [-0.05, 0) is 44.7 Å². The number of para-hydroxylation sites is 1. The van der Waals surface area contributed by atoms with Crippen molar-refractivity contribution < 1.29 is 4.74 Å². The molecule has 3 heteroatoms. The number of nitrogens with zero attached hydrogens (tertiary/aromatic N) is 1. The van der Waals surface area contributed by atoms with Gasteiger partial charge in [-0.15, -0.1) is 0 Å². The van der Waals surface area contributed by atoms with Crippen molar-refractivity contribution in [1.82, 2.24) is 4.98 Å². The largest absolute Gasteiger partial charge is 0.492 e. The van der Waals surface area contributed by atoms with E-state index >= 15 is 0 Å². The lowest BCUT2D eigenvalue weighted by molar-refractivity contribution is 0.343. The van der Waals surface area contributed by atoms with Gasteiger partial charge in [-0.25, -0.2) is 4.98 Å². The fraction of sp³-hybridized carbons (Fsp3) is 0.438. The van der Waals surface area contributed by atoms with Crippen LogP contribution in [-0.2, 0) is 12.8 Å². The molecule has 0 fully saturated rings. The number of fused-ring (bicyclic) bond motifs is 2. The molecule has 1 aromatic carbocycles. The van der Waals surface area contributed by atoms with E-state index in [1.54, 1.807) is 0 Å². The fourth-order valence-electron chi connectivity index (χ4n) is 2.91. The van der Waals surface area contributed by atoms with Crippen molar-refractivity contribution in [2.75, 3.05) is 18.5 Å². The quantitative estimate of drug-likeness (QED) is 0.908. The summed E-state index contributed by atoms with van der Waals surface area (Å²) in [6.45, 7) is 5.76. The first kappa shape index (κ1) is 12.3. The Morgan fingerprint density at radius 1 is 1.26 bits per heavy atom. The molecule has 0 atom stereocenters. The van der Waals surface area contributed by atoms with E-state index in [4.69, 9.17) is 9.72 Å². The molecule has 0 saturated carbocycles. The molecule has 0 bridgehead atoms. The van der Waals surface area contributed by atoms with Crippen molar-refractivity contribution in [3.63, 3.8) is 0 Å². The van der Waals surface area contributed by atoms with Crippen LogP contribution in [0, 0.1) is 0 Å². The molecule has 1 aliphatic carbocycles. The molecule has 100 valence electrons. The van der Waals surface area contributed by atoms with Crippen molar-refractivity contribution in [1.29, 1.82) is 0 Å². The first-order valence-corrected chi connectivity index (χ1v) is 7.16. The van der Waals surface area contributed by atoms with Crippen LogP contribution in [0.15, 0.2) is 18.2 Å². The van der Waals surface area contributed by atoms with E-state index in [2.05, 4.69) is 24.4 Å². The van der Waals surface area contributed by atoms with Gasteiger partial charge in [0.2, 0.25) is 0 Å². The van der Waals surface area contributed by atoms with Crippen LogP contribution in [0.5, 0.6) is 5.75 Å². The summed E-state index contributed by atoms with van der Waals surface area (Å²) < 4.78 is 5.72. The maximum Gasteiger partial charge on any atom is 0.145 e. The van der Waals surface area contributed by atoms with Crippen LogP contribution in [-0.4, -0.2) is 18.1 Å². The first-order valence-electron chi connectivity index (χ1n) is 7.16. The average molecular weight is 256 g/mol. The third-order valence-electron chi connectivity index (χ3n) is 3.66. The van der Waals surface area contributed by atoms with Gasteiger partial charge in [0, 0.05) is 23.3 Å². The summed E-state index contributed by atoms with van der Waals surface area (Å²) in [6.07, 6.45) is 3.44. The van der Waals surface area contributed by atoms with Gasteiger partial charge >= 0.3 is 0 Å². The molecule has 1 heterocycles. The number of rotatable bonds is 4. The predicted octanol–water partition coefficient (Wildman–Crippen LogP) is 3.55. The van der Waals surface area contributed by atoms with Gasteiger partial charge in [0.1, 0.15) is 11.3 Å². The zero-order valence-corrected chi connectivity index (χ0v) is 11.6. The van der Waals surface area contributed by atoms with Crippen molar-refractivity contribution >= 4 is 16.6 Å². The van der Waals surface area contributed by atoms with Crippen LogP contribution in [0.2, 0.25) is 0 Å². The van der Waals surface area contributed by atoms with Crippen LogP contribution >= 0.6 is 0 Å². The Balaban J connectivity index is 2.27. The number of ether oxygens (including phenoxy) is 1. The van der Waals surface area contributed by atoms with Crippen molar-refractivity contribution in [3.05, 3.63) is 29.5 Å². The zero-order valence-electron chi connectivity index (χ0n) is 11.6. The minimum absolute atomic E-state index is 0.675. The maximum atomic E-state index is 5.72. The monoisotopic (exact) mass is 256 g/mol. The highest BCUT2D eigenvalue weighted by Gasteiger charge is 2.20. The normalized spacial score (nSPS) is 13.6. The van der Waals surface area contributed by atoms with E-state index in [0.717, 1.165) is 30.7 Å². The van der Waals surface area contributed by atoms with E-state index in [0.29, 0.717) is 6.61 Å². The van der Waals surface area contributed by atoms with E-state index < -0.39 is 0 Å². The number of anilines is 1. The number of hydrogen-bond acceptors (Lipinski definition) is 3. The summed E-state index contributed by atoms with van der Waals surface area (Å²) in [5.41, 5.74) is 4.92. The Morgan fingerprint density at radius 3 is 2.95 bits per heavy atom. The molecule has 0 spiro atoms. The van der Waals surface area contributed by atoms with Crippen molar-refractivity contribution in [2.24, 2.45) is 0 Å². The lowest BCUT2D eigenvalue weighted by atomic mass is 10.1. The molecule has 0 amide bonds. The van der Waals surface area contributed by atoms with E-state index in [1.807, 2.05) is 13.0 Å². The van der Waals surface area contributed by atoms with Gasteiger partial charge in [-0.2, -0.15) is 0 Å². The summed E-state index contributed by atoms with van der Waals surface area (Å²) in [5.74, 6) is 0.897. The molecule has 19 heavy (non-hydrogen) atoms. The second kappa shape index (κ2) is 5.08. The molecule has 0 saturated heterocycles. The Bertz CT molecular complexity index is 607. The molecule has 0 aliphatic heterocycles. The van der Waals surface area contributed by atoms with Crippen LogP contribution in [0.4, 0.5) is 5.69 Å². The van der Waals surface area contributed by atoms with E-state index in [1.165, 1.54) is 28.8 Å². The first-order chi connectivity index (χ1) is 9.35. The highest BCUT2D eigenvalue weighted by atomic mass is 16.5. The van der Waals surface area contributed by atoms with E-state index in [9.17, 15) is 0 Å². The number of benzene rings is 1.